The first kappa shape index (κ1) is 14.3. The van der Waals surface area contributed by atoms with Gasteiger partial charge in [-0.05, 0) is 47.1 Å². The fraction of sp³-hybridized carbons (Fsp3) is 0.200. The van der Waals surface area contributed by atoms with Crippen LogP contribution in [-0.4, -0.2) is 24.3 Å². The Morgan fingerprint density at radius 1 is 1.33 bits per heavy atom. The molecule has 1 amide bonds. The first-order valence-corrected chi connectivity index (χ1v) is 8.03. The standard InChI is InChI=1S/C15H12BrNO3S/c1-9-15(19)17(10-4-2-3-5-12(10)20-9)8-11(18)13-6-7-14(16)21-13/h2-7,9H,8H2,1H3. The lowest BCUT2D eigenvalue weighted by Crippen LogP contribution is -2.46. The van der Waals surface area contributed by atoms with Crippen molar-refractivity contribution >= 4 is 44.6 Å². The number of hydrogen-bond donors (Lipinski definition) is 0. The fourth-order valence-corrected chi connectivity index (χ4v) is 3.52. The van der Waals surface area contributed by atoms with Crippen molar-refractivity contribution in [1.82, 2.24) is 0 Å². The first-order valence-electron chi connectivity index (χ1n) is 6.42. The summed E-state index contributed by atoms with van der Waals surface area (Å²) in [7, 11) is 0. The van der Waals surface area contributed by atoms with E-state index in [-0.39, 0.29) is 18.2 Å². The number of benzene rings is 1. The number of carbonyl (C=O) groups excluding carboxylic acids is 2. The largest absolute Gasteiger partial charge is 0.479 e. The Morgan fingerprint density at radius 2 is 2.10 bits per heavy atom. The average molecular weight is 366 g/mol. The van der Waals surface area contributed by atoms with Gasteiger partial charge in [0, 0.05) is 0 Å². The van der Waals surface area contributed by atoms with Crippen LogP contribution in [0.4, 0.5) is 5.69 Å². The minimum absolute atomic E-state index is 0.0243. The number of halogens is 1. The van der Waals surface area contributed by atoms with E-state index < -0.39 is 6.10 Å². The monoisotopic (exact) mass is 365 g/mol. The number of anilines is 1. The van der Waals surface area contributed by atoms with Gasteiger partial charge in [-0.25, -0.2) is 0 Å². The molecule has 1 aromatic carbocycles. The van der Waals surface area contributed by atoms with Crippen LogP contribution in [0.3, 0.4) is 0 Å². The van der Waals surface area contributed by atoms with Crippen LogP contribution in [-0.2, 0) is 4.79 Å². The van der Waals surface area contributed by atoms with Crippen LogP contribution >= 0.6 is 27.3 Å². The van der Waals surface area contributed by atoms with E-state index in [9.17, 15) is 9.59 Å². The number of nitrogens with zero attached hydrogens (tertiary/aromatic N) is 1. The van der Waals surface area contributed by atoms with Gasteiger partial charge in [-0.3, -0.25) is 14.5 Å². The normalized spacial score (nSPS) is 17.3. The van der Waals surface area contributed by atoms with Gasteiger partial charge < -0.3 is 4.74 Å². The lowest BCUT2D eigenvalue weighted by Gasteiger charge is -2.32. The minimum atomic E-state index is -0.581. The molecule has 0 N–H and O–H groups in total. The summed E-state index contributed by atoms with van der Waals surface area (Å²) in [6.07, 6.45) is -0.581. The highest BCUT2D eigenvalue weighted by atomic mass is 79.9. The maximum atomic E-state index is 12.3. The zero-order valence-electron chi connectivity index (χ0n) is 11.2. The molecular weight excluding hydrogens is 354 g/mol. The van der Waals surface area contributed by atoms with E-state index in [0.717, 1.165) is 3.79 Å². The summed E-state index contributed by atoms with van der Waals surface area (Å²) < 4.78 is 6.45. The van der Waals surface area contributed by atoms with E-state index in [0.29, 0.717) is 16.3 Å². The average Bonchev–Trinajstić information content (AvgIpc) is 2.90. The molecule has 3 rings (SSSR count). The van der Waals surface area contributed by atoms with E-state index >= 15 is 0 Å². The number of hydrogen-bond acceptors (Lipinski definition) is 4. The number of ketones is 1. The van der Waals surface area contributed by atoms with Crippen molar-refractivity contribution in [2.45, 2.75) is 13.0 Å². The lowest BCUT2D eigenvalue weighted by atomic mass is 10.1. The molecule has 1 aromatic heterocycles. The van der Waals surface area contributed by atoms with Gasteiger partial charge in [0.05, 0.1) is 20.9 Å². The number of carbonyl (C=O) groups is 2. The third-order valence-electron chi connectivity index (χ3n) is 3.22. The molecule has 0 saturated carbocycles. The maximum Gasteiger partial charge on any atom is 0.268 e. The molecule has 0 spiro atoms. The molecule has 108 valence electrons. The van der Waals surface area contributed by atoms with Crippen LogP contribution in [0.1, 0.15) is 16.6 Å². The van der Waals surface area contributed by atoms with Crippen LogP contribution in [0.2, 0.25) is 0 Å². The van der Waals surface area contributed by atoms with Gasteiger partial charge in [-0.15, -0.1) is 11.3 Å². The molecule has 2 aromatic rings. The van der Waals surface area contributed by atoms with Crippen LogP contribution in [0, 0.1) is 0 Å². The third-order valence-corrected chi connectivity index (χ3v) is 4.89. The number of fused-ring (bicyclic) bond motifs is 1. The Bertz CT molecular complexity index is 712. The second-order valence-electron chi connectivity index (χ2n) is 4.68. The number of amides is 1. The molecule has 1 unspecified atom stereocenters. The fourth-order valence-electron chi connectivity index (χ4n) is 2.21. The summed E-state index contributed by atoms with van der Waals surface area (Å²) in [5.74, 6) is 0.352. The molecule has 0 fully saturated rings. The molecule has 0 saturated heterocycles. The van der Waals surface area contributed by atoms with Crippen LogP contribution < -0.4 is 9.64 Å². The van der Waals surface area contributed by atoms with Crippen LogP contribution in [0.5, 0.6) is 5.75 Å². The second-order valence-corrected chi connectivity index (χ2v) is 7.14. The van der Waals surface area contributed by atoms with Gasteiger partial charge in [-0.1, -0.05) is 12.1 Å². The number of thiophene rings is 1. The molecule has 21 heavy (non-hydrogen) atoms. The minimum Gasteiger partial charge on any atom is -0.479 e. The molecule has 0 aliphatic carbocycles. The molecule has 0 radical (unpaired) electrons. The molecule has 6 heteroatoms. The van der Waals surface area contributed by atoms with E-state index in [1.54, 1.807) is 25.1 Å². The quantitative estimate of drug-likeness (QED) is 0.781. The number of Topliss-reactive ketones (excluding diaryl/α,β-unsaturated/α-hetero) is 1. The molecule has 1 aliphatic heterocycles. The van der Waals surface area contributed by atoms with Crippen molar-refractivity contribution in [1.29, 1.82) is 0 Å². The first-order chi connectivity index (χ1) is 10.1. The molecule has 2 heterocycles. The molecular formula is C15H12BrNO3S. The van der Waals surface area contributed by atoms with Crippen molar-refractivity contribution in [2.75, 3.05) is 11.4 Å². The zero-order valence-corrected chi connectivity index (χ0v) is 13.6. The highest BCUT2D eigenvalue weighted by Crippen LogP contribution is 2.34. The highest BCUT2D eigenvalue weighted by Gasteiger charge is 2.32. The number of ether oxygens (including phenoxy) is 1. The van der Waals surface area contributed by atoms with Crippen molar-refractivity contribution in [3.05, 3.63) is 45.1 Å². The summed E-state index contributed by atoms with van der Waals surface area (Å²) in [5.41, 5.74) is 0.643. The van der Waals surface area contributed by atoms with Crippen molar-refractivity contribution in [3.63, 3.8) is 0 Å². The Balaban J connectivity index is 1.90. The summed E-state index contributed by atoms with van der Waals surface area (Å²) in [6.45, 7) is 1.72. The van der Waals surface area contributed by atoms with Crippen molar-refractivity contribution in [3.8, 4) is 5.75 Å². The SMILES string of the molecule is CC1Oc2ccccc2N(CC(=O)c2ccc(Br)s2)C1=O. The van der Waals surface area contributed by atoms with Gasteiger partial charge in [0.2, 0.25) is 0 Å². The van der Waals surface area contributed by atoms with Crippen molar-refractivity contribution < 1.29 is 14.3 Å². The third kappa shape index (κ3) is 2.73. The van der Waals surface area contributed by atoms with E-state index in [1.807, 2.05) is 18.2 Å². The summed E-state index contributed by atoms with van der Waals surface area (Å²) in [5, 5.41) is 0. The summed E-state index contributed by atoms with van der Waals surface area (Å²) >= 11 is 4.70. The maximum absolute atomic E-state index is 12.3. The molecule has 4 nitrogen and oxygen atoms in total. The topological polar surface area (TPSA) is 46.6 Å². The summed E-state index contributed by atoms with van der Waals surface area (Å²) in [4.78, 5) is 26.8. The van der Waals surface area contributed by atoms with Gasteiger partial charge in [-0.2, -0.15) is 0 Å². The summed E-state index contributed by atoms with van der Waals surface area (Å²) in [6, 6.07) is 10.9. The second kappa shape index (κ2) is 5.61. The molecule has 1 aliphatic rings. The van der Waals surface area contributed by atoms with Crippen LogP contribution in [0.15, 0.2) is 40.2 Å². The van der Waals surface area contributed by atoms with Gasteiger partial charge >= 0.3 is 0 Å². The van der Waals surface area contributed by atoms with Crippen LogP contribution in [0.25, 0.3) is 0 Å². The van der Waals surface area contributed by atoms with Crippen molar-refractivity contribution in [2.24, 2.45) is 0 Å². The lowest BCUT2D eigenvalue weighted by molar-refractivity contribution is -0.125. The predicted octanol–water partition coefficient (Wildman–Crippen LogP) is 3.51. The van der Waals surface area contributed by atoms with Gasteiger partial charge in [0.25, 0.3) is 5.91 Å². The van der Waals surface area contributed by atoms with E-state index in [1.165, 1.54) is 16.2 Å². The van der Waals surface area contributed by atoms with Gasteiger partial charge in [0.1, 0.15) is 5.75 Å². The zero-order chi connectivity index (χ0) is 15.0. The molecule has 0 bridgehead atoms. The molecule has 1 atom stereocenters. The van der Waals surface area contributed by atoms with E-state index in [2.05, 4.69) is 15.9 Å². The smallest absolute Gasteiger partial charge is 0.268 e. The highest BCUT2D eigenvalue weighted by molar-refractivity contribution is 9.11. The van der Waals surface area contributed by atoms with Gasteiger partial charge in [0.15, 0.2) is 11.9 Å². The Labute approximate surface area is 134 Å². The Kier molecular flexibility index (Phi) is 3.82. The number of para-hydroxylation sites is 2. The predicted molar refractivity (Wildman–Crippen MR) is 85.2 cm³/mol. The Morgan fingerprint density at radius 3 is 2.81 bits per heavy atom. The van der Waals surface area contributed by atoms with E-state index in [4.69, 9.17) is 4.74 Å². The number of rotatable bonds is 3. The Hall–Kier alpha value is -1.66.